The van der Waals surface area contributed by atoms with E-state index in [1.54, 1.807) is 33.4 Å². The van der Waals surface area contributed by atoms with E-state index in [0.29, 0.717) is 57.7 Å². The van der Waals surface area contributed by atoms with Crippen molar-refractivity contribution < 1.29 is 17.9 Å². The van der Waals surface area contributed by atoms with Gasteiger partial charge in [0.1, 0.15) is 5.65 Å². The number of amides is 1. The molecule has 2 atom stereocenters. The molecule has 190 valence electrons. The van der Waals surface area contributed by atoms with Gasteiger partial charge in [-0.25, -0.2) is 23.4 Å². The number of pyridine rings is 1. The second-order valence-electron chi connectivity index (χ2n) is 9.28. The fourth-order valence-corrected chi connectivity index (χ4v) is 6.54. The summed E-state index contributed by atoms with van der Waals surface area (Å²) >= 11 is 1.25. The van der Waals surface area contributed by atoms with Gasteiger partial charge in [-0.05, 0) is 26.0 Å². The molecule has 0 aliphatic carbocycles. The van der Waals surface area contributed by atoms with Crippen molar-refractivity contribution in [1.82, 2.24) is 24.8 Å². The lowest BCUT2D eigenvalue weighted by Crippen LogP contribution is -2.44. The van der Waals surface area contributed by atoms with Crippen LogP contribution in [0.25, 0.3) is 32.6 Å². The zero-order chi connectivity index (χ0) is 25.8. The molecule has 4 aromatic rings. The van der Waals surface area contributed by atoms with Gasteiger partial charge in [-0.3, -0.25) is 4.79 Å². The Kier molecular flexibility index (Phi) is 6.21. The SMILES string of the molecule is CC(c1c(C(=O)N(C)C)sc2c(N3CCOC[C@H]3C)nc(-c3ccnc4[nH]ccc34)nc12)S(C)(=O)=O. The first kappa shape index (κ1) is 24.6. The van der Waals surface area contributed by atoms with Gasteiger partial charge in [-0.15, -0.1) is 11.3 Å². The molecule has 0 bridgehead atoms. The van der Waals surface area contributed by atoms with Crippen LogP contribution in [0, 0.1) is 0 Å². The molecule has 10 nitrogen and oxygen atoms in total. The van der Waals surface area contributed by atoms with E-state index in [0.717, 1.165) is 10.9 Å². The lowest BCUT2D eigenvalue weighted by molar-refractivity contribution is 0.0831. The summed E-state index contributed by atoms with van der Waals surface area (Å²) in [6, 6.07) is 3.80. The van der Waals surface area contributed by atoms with Crippen LogP contribution < -0.4 is 4.90 Å². The zero-order valence-electron chi connectivity index (χ0n) is 20.8. The van der Waals surface area contributed by atoms with Crippen molar-refractivity contribution >= 4 is 54.1 Å². The number of carbonyl (C=O) groups is 1. The van der Waals surface area contributed by atoms with Crippen LogP contribution in [0.4, 0.5) is 5.82 Å². The highest BCUT2D eigenvalue weighted by molar-refractivity contribution is 7.90. The maximum Gasteiger partial charge on any atom is 0.263 e. The molecule has 0 saturated carbocycles. The van der Waals surface area contributed by atoms with Gasteiger partial charge < -0.3 is 19.5 Å². The van der Waals surface area contributed by atoms with E-state index in [-0.39, 0.29) is 11.9 Å². The molecule has 0 aromatic carbocycles. The first-order valence-electron chi connectivity index (χ1n) is 11.6. The van der Waals surface area contributed by atoms with Crippen LogP contribution >= 0.6 is 11.3 Å². The molecule has 1 N–H and O–H groups in total. The highest BCUT2D eigenvalue weighted by Crippen LogP contribution is 2.43. The number of fused-ring (bicyclic) bond motifs is 2. The van der Waals surface area contributed by atoms with Gasteiger partial charge in [0.05, 0.1) is 39.6 Å². The highest BCUT2D eigenvalue weighted by Gasteiger charge is 2.33. The van der Waals surface area contributed by atoms with Crippen molar-refractivity contribution in [1.29, 1.82) is 0 Å². The van der Waals surface area contributed by atoms with Crippen LogP contribution in [0.2, 0.25) is 0 Å². The van der Waals surface area contributed by atoms with Gasteiger partial charge in [-0.1, -0.05) is 0 Å². The molecular weight excluding hydrogens is 500 g/mol. The minimum atomic E-state index is -3.52. The van der Waals surface area contributed by atoms with Crippen LogP contribution in [-0.4, -0.2) is 85.3 Å². The molecule has 1 saturated heterocycles. The number of rotatable bonds is 5. The number of nitrogens with zero attached hydrogens (tertiary/aromatic N) is 5. The van der Waals surface area contributed by atoms with Gasteiger partial charge in [0, 0.05) is 55.8 Å². The molecule has 1 aliphatic heterocycles. The summed E-state index contributed by atoms with van der Waals surface area (Å²) in [7, 11) is -0.212. The number of morpholine rings is 1. The number of thiophene rings is 1. The highest BCUT2D eigenvalue weighted by atomic mass is 32.2. The van der Waals surface area contributed by atoms with Crippen LogP contribution in [0.5, 0.6) is 0 Å². The van der Waals surface area contributed by atoms with Crippen molar-refractivity contribution in [2.75, 3.05) is 45.0 Å². The summed E-state index contributed by atoms with van der Waals surface area (Å²) in [6.07, 6.45) is 4.68. The zero-order valence-corrected chi connectivity index (χ0v) is 22.4. The number of anilines is 1. The van der Waals surface area contributed by atoms with E-state index >= 15 is 0 Å². The molecule has 12 heteroatoms. The third kappa shape index (κ3) is 4.12. The predicted octanol–water partition coefficient (Wildman–Crippen LogP) is 3.27. The van der Waals surface area contributed by atoms with E-state index in [4.69, 9.17) is 14.7 Å². The number of nitrogens with one attached hydrogen (secondary N) is 1. The average molecular weight is 529 g/mol. The van der Waals surface area contributed by atoms with Crippen molar-refractivity contribution in [2.45, 2.75) is 25.1 Å². The Morgan fingerprint density at radius 2 is 2.08 bits per heavy atom. The average Bonchev–Trinajstić information content (AvgIpc) is 3.46. The first-order chi connectivity index (χ1) is 17.1. The summed E-state index contributed by atoms with van der Waals surface area (Å²) in [4.78, 5) is 34.6. The standard InChI is InChI=1S/C24H28N6O4S2/c1-13-12-34-11-10-30(13)23-20-18(17(14(2)36(5,32)33)19(35-20)24(31)29(3)4)27-22(28-23)16-7-9-26-21-15(16)6-8-25-21/h6-9,13-14H,10-12H2,1-5H3,(H,25,26)/t13-,14?/m1/s1. The molecule has 5 rings (SSSR count). The second-order valence-corrected chi connectivity index (χ2v) is 12.7. The number of carbonyl (C=O) groups excluding carboxylic acids is 1. The van der Waals surface area contributed by atoms with Crippen molar-refractivity contribution in [3.63, 3.8) is 0 Å². The Labute approximate surface area is 213 Å². The van der Waals surface area contributed by atoms with Crippen LogP contribution in [0.1, 0.15) is 34.3 Å². The van der Waals surface area contributed by atoms with Crippen molar-refractivity contribution in [2.24, 2.45) is 0 Å². The third-order valence-corrected chi connectivity index (χ3v) is 9.24. The number of hydrogen-bond acceptors (Lipinski definition) is 9. The number of H-pyrrole nitrogens is 1. The quantitative estimate of drug-likeness (QED) is 0.419. The Balaban J connectivity index is 1.88. The van der Waals surface area contributed by atoms with Crippen LogP contribution in [0.15, 0.2) is 24.5 Å². The molecule has 1 aliphatic rings. The maximum atomic E-state index is 13.3. The molecule has 36 heavy (non-hydrogen) atoms. The molecule has 0 spiro atoms. The Morgan fingerprint density at radius 3 is 2.78 bits per heavy atom. The molecule has 0 radical (unpaired) electrons. The largest absolute Gasteiger partial charge is 0.377 e. The van der Waals surface area contributed by atoms with Gasteiger partial charge >= 0.3 is 0 Å². The van der Waals surface area contributed by atoms with Gasteiger partial charge in [0.2, 0.25) is 0 Å². The van der Waals surface area contributed by atoms with Gasteiger partial charge in [-0.2, -0.15) is 0 Å². The number of aromatic amines is 1. The Morgan fingerprint density at radius 1 is 1.31 bits per heavy atom. The fraction of sp³-hybridized carbons (Fsp3) is 0.417. The molecule has 1 fully saturated rings. The Hall–Kier alpha value is -3.09. The number of aromatic nitrogens is 4. The monoisotopic (exact) mass is 528 g/mol. The Bertz CT molecular complexity index is 1580. The summed E-state index contributed by atoms with van der Waals surface area (Å²) < 4.78 is 31.8. The normalized spacial score (nSPS) is 17.6. The predicted molar refractivity (Wildman–Crippen MR) is 141 cm³/mol. The van der Waals surface area contributed by atoms with E-state index in [1.165, 1.54) is 22.5 Å². The minimum Gasteiger partial charge on any atom is -0.377 e. The third-order valence-electron chi connectivity index (χ3n) is 6.54. The minimum absolute atomic E-state index is 0.0419. The maximum absolute atomic E-state index is 13.3. The summed E-state index contributed by atoms with van der Waals surface area (Å²) in [5, 5.41) is -0.0667. The second kappa shape index (κ2) is 9.09. The number of hydrogen-bond donors (Lipinski definition) is 1. The van der Waals surface area contributed by atoms with Crippen LogP contribution in [-0.2, 0) is 14.6 Å². The molecular formula is C24H28N6O4S2. The molecule has 5 heterocycles. The fourth-order valence-electron chi connectivity index (χ4n) is 4.45. The summed E-state index contributed by atoms with van der Waals surface area (Å²) in [5.41, 5.74) is 2.38. The topological polar surface area (TPSA) is 121 Å². The molecule has 1 amide bonds. The lowest BCUT2D eigenvalue weighted by Gasteiger charge is -2.34. The van der Waals surface area contributed by atoms with E-state index in [1.807, 2.05) is 12.1 Å². The van der Waals surface area contributed by atoms with E-state index < -0.39 is 15.1 Å². The van der Waals surface area contributed by atoms with E-state index in [9.17, 15) is 13.2 Å². The van der Waals surface area contributed by atoms with E-state index in [2.05, 4.69) is 21.8 Å². The van der Waals surface area contributed by atoms with Gasteiger partial charge in [0.25, 0.3) is 5.91 Å². The van der Waals surface area contributed by atoms with Crippen molar-refractivity contribution in [3.05, 3.63) is 35.0 Å². The number of sulfone groups is 1. The lowest BCUT2D eigenvalue weighted by atomic mass is 10.1. The van der Waals surface area contributed by atoms with Crippen LogP contribution in [0.3, 0.4) is 0 Å². The smallest absolute Gasteiger partial charge is 0.263 e. The van der Waals surface area contributed by atoms with Gasteiger partial charge in [0.15, 0.2) is 21.5 Å². The van der Waals surface area contributed by atoms with Crippen molar-refractivity contribution in [3.8, 4) is 11.4 Å². The summed E-state index contributed by atoms with van der Waals surface area (Å²) in [6.45, 7) is 5.37. The number of ether oxygens (including phenoxy) is 1. The first-order valence-corrected chi connectivity index (χ1v) is 14.4. The summed E-state index contributed by atoms with van der Waals surface area (Å²) in [5.74, 6) is 0.866. The molecule has 1 unspecified atom stereocenters. The molecule has 4 aromatic heterocycles.